The van der Waals surface area contributed by atoms with Gasteiger partial charge in [-0.3, -0.25) is 14.6 Å². The van der Waals surface area contributed by atoms with Crippen LogP contribution in [0.1, 0.15) is 34.3 Å². The standard InChI is InChI=1S/C29H32Cl3N5O/c30-24-5-1-21(2-6-24)18-34-29(38)23-17-27(32)28(33-19-23)37-15-13-36(14-16-37)26-9-11-35(12-10-26)20-22-3-7-25(31)8-4-22/h1-8,17,19,26H,9-16,18,20H2,(H,34,38). The Kier molecular flexibility index (Phi) is 9.08. The summed E-state index contributed by atoms with van der Waals surface area (Å²) in [5, 5.41) is 4.88. The van der Waals surface area contributed by atoms with Gasteiger partial charge < -0.3 is 10.2 Å². The molecular formula is C29H32Cl3N5O. The number of carbonyl (C=O) groups is 1. The summed E-state index contributed by atoms with van der Waals surface area (Å²) in [6.07, 6.45) is 3.99. The third-order valence-corrected chi connectivity index (χ3v) is 8.24. The summed E-state index contributed by atoms with van der Waals surface area (Å²) in [6.45, 7) is 7.35. The number of aromatic nitrogens is 1. The van der Waals surface area contributed by atoms with Crippen molar-refractivity contribution >= 4 is 46.5 Å². The van der Waals surface area contributed by atoms with Crippen LogP contribution < -0.4 is 10.2 Å². The SMILES string of the molecule is O=C(NCc1ccc(Cl)cc1)c1cnc(N2CCN(C3CCN(Cc4ccc(Cl)cc4)CC3)CC2)c(Cl)c1. The molecule has 1 amide bonds. The minimum absolute atomic E-state index is 0.201. The van der Waals surface area contributed by atoms with Crippen LogP contribution in [0.5, 0.6) is 0 Å². The van der Waals surface area contributed by atoms with Gasteiger partial charge in [0.05, 0.1) is 10.6 Å². The second kappa shape index (κ2) is 12.7. The van der Waals surface area contributed by atoms with Crippen LogP contribution in [0, 0.1) is 0 Å². The monoisotopic (exact) mass is 571 g/mol. The lowest BCUT2D eigenvalue weighted by atomic mass is 10.0. The number of hydrogen-bond acceptors (Lipinski definition) is 5. The quantitative estimate of drug-likeness (QED) is 0.390. The zero-order valence-corrected chi connectivity index (χ0v) is 23.5. The number of nitrogens with zero attached hydrogens (tertiary/aromatic N) is 4. The topological polar surface area (TPSA) is 51.7 Å². The molecule has 2 aliphatic heterocycles. The molecule has 0 bridgehead atoms. The van der Waals surface area contributed by atoms with Crippen molar-refractivity contribution in [2.24, 2.45) is 0 Å². The number of anilines is 1. The van der Waals surface area contributed by atoms with Crippen LogP contribution >= 0.6 is 34.8 Å². The molecule has 5 rings (SSSR count). The number of halogens is 3. The number of nitrogens with one attached hydrogen (secondary N) is 1. The number of carbonyl (C=O) groups excluding carboxylic acids is 1. The minimum atomic E-state index is -0.201. The van der Waals surface area contributed by atoms with E-state index in [1.165, 1.54) is 18.4 Å². The minimum Gasteiger partial charge on any atom is -0.353 e. The summed E-state index contributed by atoms with van der Waals surface area (Å²) in [5.74, 6) is 0.548. The maximum absolute atomic E-state index is 12.6. The van der Waals surface area contributed by atoms with E-state index < -0.39 is 0 Å². The third-order valence-electron chi connectivity index (χ3n) is 7.46. The Balaban J connectivity index is 1.08. The van der Waals surface area contributed by atoms with Gasteiger partial charge in [0.15, 0.2) is 0 Å². The molecule has 1 aromatic heterocycles. The van der Waals surface area contributed by atoms with Crippen LogP contribution in [0.3, 0.4) is 0 Å². The first-order valence-corrected chi connectivity index (χ1v) is 14.2. The van der Waals surface area contributed by atoms with E-state index in [2.05, 4.69) is 37.1 Å². The van der Waals surface area contributed by atoms with Crippen molar-refractivity contribution in [1.29, 1.82) is 0 Å². The molecule has 2 fully saturated rings. The summed E-state index contributed by atoms with van der Waals surface area (Å²) in [7, 11) is 0. The lowest BCUT2D eigenvalue weighted by molar-refractivity contribution is 0.0950. The Morgan fingerprint density at radius 1 is 0.842 bits per heavy atom. The van der Waals surface area contributed by atoms with E-state index in [1.807, 2.05) is 36.4 Å². The summed E-state index contributed by atoms with van der Waals surface area (Å²) in [5.41, 5.74) is 2.75. The molecule has 0 spiro atoms. The maximum atomic E-state index is 12.6. The van der Waals surface area contributed by atoms with Gasteiger partial charge in [-0.1, -0.05) is 59.1 Å². The first-order valence-electron chi connectivity index (χ1n) is 13.1. The second-order valence-electron chi connectivity index (χ2n) is 10.00. The molecule has 9 heteroatoms. The maximum Gasteiger partial charge on any atom is 0.253 e. The fraction of sp³-hybridized carbons (Fsp3) is 0.379. The van der Waals surface area contributed by atoms with Crippen molar-refractivity contribution in [3.8, 4) is 0 Å². The molecule has 0 unspecified atom stereocenters. The van der Waals surface area contributed by atoms with Gasteiger partial charge in [-0.2, -0.15) is 0 Å². The zero-order chi connectivity index (χ0) is 26.5. The van der Waals surface area contributed by atoms with Crippen molar-refractivity contribution in [3.05, 3.63) is 92.6 Å². The average molecular weight is 573 g/mol. The molecule has 1 N–H and O–H groups in total. The van der Waals surface area contributed by atoms with Crippen LogP contribution in [-0.4, -0.2) is 66.0 Å². The van der Waals surface area contributed by atoms with Gasteiger partial charge in [-0.25, -0.2) is 4.98 Å². The highest BCUT2D eigenvalue weighted by Gasteiger charge is 2.28. The Morgan fingerprint density at radius 2 is 1.45 bits per heavy atom. The molecular weight excluding hydrogens is 541 g/mol. The van der Waals surface area contributed by atoms with Gasteiger partial charge in [0.25, 0.3) is 5.91 Å². The molecule has 3 heterocycles. The molecule has 2 saturated heterocycles. The molecule has 0 saturated carbocycles. The number of piperidine rings is 1. The first-order chi connectivity index (χ1) is 18.4. The Hall–Kier alpha value is -2.35. The third kappa shape index (κ3) is 6.99. The molecule has 6 nitrogen and oxygen atoms in total. The molecule has 2 aromatic carbocycles. The molecule has 200 valence electrons. The summed E-state index contributed by atoms with van der Waals surface area (Å²) in [6, 6.07) is 17.9. The summed E-state index contributed by atoms with van der Waals surface area (Å²) >= 11 is 18.5. The van der Waals surface area contributed by atoms with Crippen LogP contribution in [0.2, 0.25) is 15.1 Å². The number of rotatable bonds is 7. The van der Waals surface area contributed by atoms with Gasteiger partial charge in [-0.05, 0) is 67.4 Å². The predicted octanol–water partition coefficient (Wildman–Crippen LogP) is 5.76. The van der Waals surface area contributed by atoms with Crippen molar-refractivity contribution in [3.63, 3.8) is 0 Å². The van der Waals surface area contributed by atoms with Gasteiger partial charge >= 0.3 is 0 Å². The van der Waals surface area contributed by atoms with E-state index in [4.69, 9.17) is 34.8 Å². The Bertz CT molecular complexity index is 1220. The van der Waals surface area contributed by atoms with Crippen molar-refractivity contribution in [2.75, 3.05) is 44.2 Å². The van der Waals surface area contributed by atoms with E-state index in [9.17, 15) is 4.79 Å². The zero-order valence-electron chi connectivity index (χ0n) is 21.3. The number of likely N-dealkylation sites (tertiary alicyclic amines) is 1. The highest BCUT2D eigenvalue weighted by atomic mass is 35.5. The van der Waals surface area contributed by atoms with Crippen molar-refractivity contribution < 1.29 is 4.79 Å². The largest absolute Gasteiger partial charge is 0.353 e. The molecule has 0 radical (unpaired) electrons. The summed E-state index contributed by atoms with van der Waals surface area (Å²) < 4.78 is 0. The molecule has 0 aliphatic carbocycles. The lowest BCUT2D eigenvalue weighted by Gasteiger charge is -2.43. The molecule has 38 heavy (non-hydrogen) atoms. The average Bonchev–Trinajstić information content (AvgIpc) is 2.94. The number of benzene rings is 2. The molecule has 2 aliphatic rings. The number of piperazine rings is 1. The number of pyridine rings is 1. The van der Waals surface area contributed by atoms with E-state index >= 15 is 0 Å². The van der Waals surface area contributed by atoms with Crippen molar-refractivity contribution in [1.82, 2.24) is 20.1 Å². The number of amides is 1. The van der Waals surface area contributed by atoms with E-state index in [0.717, 1.165) is 62.2 Å². The predicted molar refractivity (Wildman–Crippen MR) is 155 cm³/mol. The van der Waals surface area contributed by atoms with Gasteiger partial charge in [-0.15, -0.1) is 0 Å². The fourth-order valence-corrected chi connectivity index (χ4v) is 5.80. The Labute approximate surface area is 239 Å². The van der Waals surface area contributed by atoms with Crippen molar-refractivity contribution in [2.45, 2.75) is 32.0 Å². The fourth-order valence-electron chi connectivity index (χ4n) is 5.26. The van der Waals surface area contributed by atoms with E-state index in [1.54, 1.807) is 12.3 Å². The normalized spacial score (nSPS) is 17.5. The van der Waals surface area contributed by atoms with E-state index in [-0.39, 0.29) is 5.91 Å². The summed E-state index contributed by atoms with van der Waals surface area (Å²) in [4.78, 5) is 24.6. The second-order valence-corrected chi connectivity index (χ2v) is 11.3. The molecule has 3 aromatic rings. The highest BCUT2D eigenvalue weighted by Crippen LogP contribution is 2.27. The lowest BCUT2D eigenvalue weighted by Crippen LogP contribution is -2.53. The van der Waals surface area contributed by atoms with Gasteiger partial charge in [0.1, 0.15) is 5.82 Å². The van der Waals surface area contributed by atoms with Crippen LogP contribution in [0.25, 0.3) is 0 Å². The Morgan fingerprint density at radius 3 is 2.05 bits per heavy atom. The highest BCUT2D eigenvalue weighted by molar-refractivity contribution is 6.33. The smallest absolute Gasteiger partial charge is 0.253 e. The van der Waals surface area contributed by atoms with Crippen LogP contribution in [-0.2, 0) is 13.1 Å². The van der Waals surface area contributed by atoms with E-state index in [0.29, 0.717) is 28.2 Å². The van der Waals surface area contributed by atoms with Gasteiger partial charge in [0, 0.05) is 61.6 Å². The van der Waals surface area contributed by atoms with Crippen LogP contribution in [0.15, 0.2) is 60.8 Å². The van der Waals surface area contributed by atoms with Gasteiger partial charge in [0.2, 0.25) is 0 Å². The molecule has 0 atom stereocenters. The number of hydrogen-bond donors (Lipinski definition) is 1. The van der Waals surface area contributed by atoms with Crippen LogP contribution in [0.4, 0.5) is 5.82 Å². The first kappa shape index (κ1) is 27.2.